The first-order chi connectivity index (χ1) is 12.9. The number of hydrogen-bond acceptors (Lipinski definition) is 5. The van der Waals surface area contributed by atoms with Gasteiger partial charge in [0.15, 0.2) is 6.10 Å². The molecule has 1 aromatic heterocycles. The lowest BCUT2D eigenvalue weighted by molar-refractivity contribution is -0.126. The molecule has 0 unspecified atom stereocenters. The standard InChI is InChI=1S/C21H27N3O3/c1-13-20(14(2)27-22-13)16-7-8-17-18(12-16)26-19(11-15-5-6-15)21(25)24(17)10-9-23(3)4/h7-8,12,15,19H,5-6,9-11H2,1-4H3/t19-/m1/s1. The van der Waals surface area contributed by atoms with Gasteiger partial charge in [0, 0.05) is 18.7 Å². The van der Waals surface area contributed by atoms with Crippen molar-refractivity contribution in [1.82, 2.24) is 10.1 Å². The van der Waals surface area contributed by atoms with Gasteiger partial charge in [-0.05, 0) is 58.0 Å². The Morgan fingerprint density at radius 1 is 1.26 bits per heavy atom. The van der Waals surface area contributed by atoms with Crippen molar-refractivity contribution in [3.63, 3.8) is 0 Å². The minimum atomic E-state index is -0.382. The minimum absolute atomic E-state index is 0.0846. The number of likely N-dealkylation sites (N-methyl/N-ethyl adjacent to an activating group) is 1. The molecule has 6 heteroatoms. The lowest BCUT2D eigenvalue weighted by atomic mass is 10.0. The lowest BCUT2D eigenvalue weighted by Crippen LogP contribution is -2.48. The van der Waals surface area contributed by atoms with Crippen LogP contribution < -0.4 is 9.64 Å². The Labute approximate surface area is 160 Å². The third-order valence-corrected chi connectivity index (χ3v) is 5.40. The van der Waals surface area contributed by atoms with E-state index in [0.29, 0.717) is 12.5 Å². The predicted octanol–water partition coefficient (Wildman–Crippen LogP) is 3.41. The van der Waals surface area contributed by atoms with Crippen LogP contribution in [0.25, 0.3) is 11.1 Å². The molecular formula is C21H27N3O3. The van der Waals surface area contributed by atoms with Crippen LogP contribution in [-0.2, 0) is 4.79 Å². The zero-order valence-corrected chi connectivity index (χ0v) is 16.5. The largest absolute Gasteiger partial charge is 0.478 e. The molecule has 2 heterocycles. The molecule has 0 spiro atoms. The van der Waals surface area contributed by atoms with E-state index in [9.17, 15) is 4.79 Å². The van der Waals surface area contributed by atoms with Crippen LogP contribution in [0.1, 0.15) is 30.7 Å². The van der Waals surface area contributed by atoms with Gasteiger partial charge in [-0.25, -0.2) is 0 Å². The van der Waals surface area contributed by atoms with E-state index >= 15 is 0 Å². The number of aromatic nitrogens is 1. The van der Waals surface area contributed by atoms with Gasteiger partial charge < -0.3 is 19.1 Å². The topological polar surface area (TPSA) is 58.8 Å². The number of benzene rings is 1. The van der Waals surface area contributed by atoms with Crippen LogP contribution in [0, 0.1) is 19.8 Å². The van der Waals surface area contributed by atoms with E-state index < -0.39 is 0 Å². The Hall–Kier alpha value is -2.34. The van der Waals surface area contributed by atoms with Gasteiger partial charge in [0.25, 0.3) is 5.91 Å². The maximum atomic E-state index is 13.0. The first kappa shape index (κ1) is 18.0. The monoisotopic (exact) mass is 369 g/mol. The fourth-order valence-electron chi connectivity index (χ4n) is 3.71. The second-order valence-corrected chi connectivity index (χ2v) is 7.96. The van der Waals surface area contributed by atoms with Crippen LogP contribution in [0.5, 0.6) is 5.75 Å². The Bertz CT molecular complexity index is 835. The summed E-state index contributed by atoms with van der Waals surface area (Å²) in [4.78, 5) is 17.0. The highest BCUT2D eigenvalue weighted by atomic mass is 16.5. The summed E-state index contributed by atoms with van der Waals surface area (Å²) >= 11 is 0. The zero-order chi connectivity index (χ0) is 19.1. The summed E-state index contributed by atoms with van der Waals surface area (Å²) in [6.45, 7) is 5.33. The molecule has 0 saturated heterocycles. The maximum absolute atomic E-state index is 13.0. The van der Waals surface area contributed by atoms with Gasteiger partial charge in [0.2, 0.25) is 0 Å². The van der Waals surface area contributed by atoms with Crippen LogP contribution in [0.4, 0.5) is 5.69 Å². The Balaban J connectivity index is 1.70. The summed E-state index contributed by atoms with van der Waals surface area (Å²) in [6.07, 6.45) is 2.84. The second-order valence-electron chi connectivity index (χ2n) is 7.96. The molecule has 27 heavy (non-hydrogen) atoms. The summed E-state index contributed by atoms with van der Waals surface area (Å²) < 4.78 is 11.5. The van der Waals surface area contributed by atoms with E-state index in [2.05, 4.69) is 10.1 Å². The summed E-state index contributed by atoms with van der Waals surface area (Å²) in [6, 6.07) is 6.03. The average Bonchev–Trinajstić information content (AvgIpc) is 3.38. The summed E-state index contributed by atoms with van der Waals surface area (Å²) in [5, 5.41) is 4.06. The molecule has 0 bridgehead atoms. The SMILES string of the molecule is Cc1noc(C)c1-c1ccc2c(c1)O[C@H](CC1CC1)C(=O)N2CCN(C)C. The molecule has 4 rings (SSSR count). The first-order valence-corrected chi connectivity index (χ1v) is 9.64. The summed E-state index contributed by atoms with van der Waals surface area (Å²) in [5.74, 6) is 2.28. The molecule has 1 saturated carbocycles. The van der Waals surface area contributed by atoms with E-state index in [1.165, 1.54) is 12.8 Å². The lowest BCUT2D eigenvalue weighted by Gasteiger charge is -2.35. The normalized spacial score (nSPS) is 19.4. The van der Waals surface area contributed by atoms with Gasteiger partial charge in [0.1, 0.15) is 11.5 Å². The molecule has 144 valence electrons. The second kappa shape index (κ2) is 7.00. The molecule has 0 radical (unpaired) electrons. The number of hydrogen-bond donors (Lipinski definition) is 0. The number of amides is 1. The van der Waals surface area contributed by atoms with E-state index in [0.717, 1.165) is 47.0 Å². The van der Waals surface area contributed by atoms with Crippen LogP contribution in [0.2, 0.25) is 0 Å². The number of rotatable bonds is 6. The fraction of sp³-hybridized carbons (Fsp3) is 0.524. The van der Waals surface area contributed by atoms with Crippen molar-refractivity contribution in [3.05, 3.63) is 29.7 Å². The molecule has 6 nitrogen and oxygen atoms in total. The van der Waals surface area contributed by atoms with Crippen LogP contribution >= 0.6 is 0 Å². The van der Waals surface area contributed by atoms with Crippen molar-refractivity contribution in [2.75, 3.05) is 32.1 Å². The number of carbonyl (C=O) groups is 1. The number of aryl methyl sites for hydroxylation is 2. The Morgan fingerprint density at radius 2 is 2.04 bits per heavy atom. The number of anilines is 1. The highest BCUT2D eigenvalue weighted by Crippen LogP contribution is 2.42. The van der Waals surface area contributed by atoms with Crippen molar-refractivity contribution in [2.24, 2.45) is 5.92 Å². The molecule has 2 aliphatic rings. The summed E-state index contributed by atoms with van der Waals surface area (Å²) in [5.41, 5.74) is 3.72. The van der Waals surface area contributed by atoms with Gasteiger partial charge in [-0.2, -0.15) is 0 Å². The molecule has 1 amide bonds. The molecule has 1 aliphatic heterocycles. The minimum Gasteiger partial charge on any atom is -0.478 e. The average molecular weight is 369 g/mol. The Morgan fingerprint density at radius 3 is 2.67 bits per heavy atom. The maximum Gasteiger partial charge on any atom is 0.268 e. The molecule has 0 N–H and O–H groups in total. The van der Waals surface area contributed by atoms with Crippen molar-refractivity contribution in [3.8, 4) is 16.9 Å². The zero-order valence-electron chi connectivity index (χ0n) is 16.5. The predicted molar refractivity (Wildman–Crippen MR) is 104 cm³/mol. The van der Waals surface area contributed by atoms with Crippen LogP contribution in [0.15, 0.2) is 22.7 Å². The van der Waals surface area contributed by atoms with E-state index in [-0.39, 0.29) is 12.0 Å². The van der Waals surface area contributed by atoms with Gasteiger partial charge in [-0.1, -0.05) is 24.1 Å². The Kier molecular flexibility index (Phi) is 4.68. The summed E-state index contributed by atoms with van der Waals surface area (Å²) in [7, 11) is 4.04. The van der Waals surface area contributed by atoms with Crippen molar-refractivity contribution in [1.29, 1.82) is 0 Å². The number of nitrogens with zero attached hydrogens (tertiary/aromatic N) is 3. The van der Waals surface area contributed by atoms with Gasteiger partial charge in [0.05, 0.1) is 11.4 Å². The highest BCUT2D eigenvalue weighted by Gasteiger charge is 2.38. The van der Waals surface area contributed by atoms with Gasteiger partial charge >= 0.3 is 0 Å². The molecule has 1 fully saturated rings. The van der Waals surface area contributed by atoms with Crippen molar-refractivity contribution in [2.45, 2.75) is 39.2 Å². The number of carbonyl (C=O) groups excluding carboxylic acids is 1. The first-order valence-electron chi connectivity index (χ1n) is 9.64. The van der Waals surface area contributed by atoms with E-state index in [1.807, 2.05) is 51.0 Å². The fourth-order valence-corrected chi connectivity index (χ4v) is 3.71. The van der Waals surface area contributed by atoms with Crippen LogP contribution in [-0.4, -0.2) is 49.3 Å². The quantitative estimate of drug-likeness (QED) is 0.781. The third-order valence-electron chi connectivity index (χ3n) is 5.40. The van der Waals surface area contributed by atoms with Gasteiger partial charge in [-0.3, -0.25) is 4.79 Å². The van der Waals surface area contributed by atoms with Gasteiger partial charge in [-0.15, -0.1) is 0 Å². The van der Waals surface area contributed by atoms with Crippen molar-refractivity contribution < 1.29 is 14.1 Å². The molecule has 1 aliphatic carbocycles. The smallest absolute Gasteiger partial charge is 0.268 e. The molecule has 2 aromatic rings. The van der Waals surface area contributed by atoms with Crippen LogP contribution in [0.3, 0.4) is 0 Å². The molecule has 1 atom stereocenters. The van der Waals surface area contributed by atoms with Crippen molar-refractivity contribution >= 4 is 11.6 Å². The highest BCUT2D eigenvalue weighted by molar-refractivity contribution is 6.00. The third kappa shape index (κ3) is 3.58. The number of fused-ring (bicyclic) bond motifs is 1. The van der Waals surface area contributed by atoms with E-state index in [4.69, 9.17) is 9.26 Å². The number of ether oxygens (including phenoxy) is 1. The molecule has 1 aromatic carbocycles. The van der Waals surface area contributed by atoms with E-state index in [1.54, 1.807) is 0 Å². The molecular weight excluding hydrogens is 342 g/mol.